The molecule has 0 amide bonds. The first-order chi connectivity index (χ1) is 13.6. The Morgan fingerprint density at radius 3 is 2.68 bits per heavy atom. The molecule has 0 bridgehead atoms. The van der Waals surface area contributed by atoms with Crippen molar-refractivity contribution in [2.75, 3.05) is 5.32 Å². The van der Waals surface area contributed by atoms with Crippen molar-refractivity contribution in [3.8, 4) is 0 Å². The van der Waals surface area contributed by atoms with Crippen LogP contribution < -0.4 is 10.9 Å². The third-order valence-electron chi connectivity index (χ3n) is 4.20. The van der Waals surface area contributed by atoms with Crippen LogP contribution in [0.1, 0.15) is 16.9 Å². The molecule has 3 heterocycles. The number of benzene rings is 1. The van der Waals surface area contributed by atoms with E-state index in [2.05, 4.69) is 15.5 Å². The van der Waals surface area contributed by atoms with Gasteiger partial charge in [0, 0.05) is 18.1 Å². The quantitative estimate of drug-likeness (QED) is 0.499. The van der Waals surface area contributed by atoms with E-state index < -0.39 is 0 Å². The van der Waals surface area contributed by atoms with E-state index in [4.69, 9.17) is 4.42 Å². The lowest BCUT2D eigenvalue weighted by molar-refractivity contribution is 0.523. The first-order valence-electron chi connectivity index (χ1n) is 8.74. The highest BCUT2D eigenvalue weighted by Gasteiger charge is 2.15. The lowest BCUT2D eigenvalue weighted by Gasteiger charge is -2.14. The van der Waals surface area contributed by atoms with Crippen LogP contribution >= 0.6 is 11.8 Å². The normalized spacial score (nSPS) is 10.9. The van der Waals surface area contributed by atoms with Crippen molar-refractivity contribution >= 4 is 23.3 Å². The second kappa shape index (κ2) is 7.77. The second-order valence-electron chi connectivity index (χ2n) is 6.32. The molecule has 0 saturated carbocycles. The highest BCUT2D eigenvalue weighted by Crippen LogP contribution is 2.22. The number of aromatic nitrogens is 4. The van der Waals surface area contributed by atoms with Crippen molar-refractivity contribution in [2.45, 2.75) is 24.8 Å². The predicted molar refractivity (Wildman–Crippen MR) is 109 cm³/mol. The number of rotatable bonds is 6. The Labute approximate surface area is 166 Å². The van der Waals surface area contributed by atoms with Gasteiger partial charge in [-0.2, -0.15) is 4.68 Å². The molecule has 28 heavy (non-hydrogen) atoms. The van der Waals surface area contributed by atoms with E-state index >= 15 is 0 Å². The molecule has 8 heteroatoms. The predicted octanol–water partition coefficient (Wildman–Crippen LogP) is 4.00. The molecule has 0 unspecified atom stereocenters. The van der Waals surface area contributed by atoms with E-state index in [1.807, 2.05) is 56.3 Å². The summed E-state index contributed by atoms with van der Waals surface area (Å²) in [7, 11) is 0. The SMILES string of the molecule is Cc1ccc(C)c(Nc2nnc(SCc3ccco3)n(-n3cccc3)c2=O)c1. The van der Waals surface area contributed by atoms with Crippen LogP contribution in [0.25, 0.3) is 0 Å². The maximum absolute atomic E-state index is 13.2. The van der Waals surface area contributed by atoms with Crippen molar-refractivity contribution in [1.29, 1.82) is 0 Å². The Morgan fingerprint density at radius 1 is 1.11 bits per heavy atom. The lowest BCUT2D eigenvalue weighted by atomic mass is 10.1. The summed E-state index contributed by atoms with van der Waals surface area (Å²) in [6.07, 6.45) is 5.21. The van der Waals surface area contributed by atoms with Crippen molar-refractivity contribution in [1.82, 2.24) is 19.5 Å². The van der Waals surface area contributed by atoms with Crippen LogP contribution in [0.4, 0.5) is 11.5 Å². The number of hydrogen-bond donors (Lipinski definition) is 1. The molecule has 0 aliphatic heterocycles. The van der Waals surface area contributed by atoms with Crippen molar-refractivity contribution in [3.63, 3.8) is 0 Å². The first-order valence-corrected chi connectivity index (χ1v) is 9.73. The van der Waals surface area contributed by atoms with Crippen LogP contribution in [0.5, 0.6) is 0 Å². The number of aryl methyl sites for hydroxylation is 2. The molecule has 0 aliphatic rings. The summed E-state index contributed by atoms with van der Waals surface area (Å²) in [4.78, 5) is 13.2. The summed E-state index contributed by atoms with van der Waals surface area (Å²) in [5, 5.41) is 12.1. The first kappa shape index (κ1) is 18.1. The zero-order valence-corrected chi connectivity index (χ0v) is 16.3. The van der Waals surface area contributed by atoms with Crippen LogP contribution in [0.3, 0.4) is 0 Å². The molecule has 4 aromatic rings. The summed E-state index contributed by atoms with van der Waals surface area (Å²) in [5.74, 6) is 1.52. The third kappa shape index (κ3) is 3.72. The zero-order valence-electron chi connectivity index (χ0n) is 15.5. The van der Waals surface area contributed by atoms with Gasteiger partial charge in [0.25, 0.3) is 0 Å². The van der Waals surface area contributed by atoms with Crippen LogP contribution in [0.15, 0.2) is 75.5 Å². The Kier molecular flexibility index (Phi) is 5.03. The summed E-state index contributed by atoms with van der Waals surface area (Å²) < 4.78 is 8.55. The highest BCUT2D eigenvalue weighted by molar-refractivity contribution is 7.98. The second-order valence-corrected chi connectivity index (χ2v) is 7.27. The minimum atomic E-state index is -0.283. The smallest absolute Gasteiger partial charge is 0.316 e. The Bertz CT molecular complexity index is 1130. The minimum absolute atomic E-state index is 0.171. The van der Waals surface area contributed by atoms with E-state index in [1.165, 1.54) is 16.4 Å². The minimum Gasteiger partial charge on any atom is -0.468 e. The Balaban J connectivity index is 1.72. The van der Waals surface area contributed by atoms with Crippen LogP contribution in [-0.2, 0) is 5.75 Å². The standard InChI is InChI=1S/C20H19N5O2S/c1-14-7-8-15(2)17(12-14)21-18-19(26)25(24-9-3-4-10-24)20(23-22-18)28-13-16-6-5-11-27-16/h3-12H,13H2,1-2H3,(H,21,22). The molecule has 0 atom stereocenters. The van der Waals surface area contributed by atoms with E-state index in [1.54, 1.807) is 23.3 Å². The molecule has 1 N–H and O–H groups in total. The van der Waals surface area contributed by atoms with Crippen molar-refractivity contribution < 1.29 is 4.42 Å². The third-order valence-corrected chi connectivity index (χ3v) is 5.14. The van der Waals surface area contributed by atoms with Gasteiger partial charge in [0.1, 0.15) is 5.76 Å². The van der Waals surface area contributed by atoms with Gasteiger partial charge in [0.15, 0.2) is 0 Å². The van der Waals surface area contributed by atoms with Crippen LogP contribution in [0.2, 0.25) is 0 Å². The summed E-state index contributed by atoms with van der Waals surface area (Å²) >= 11 is 1.38. The number of furan rings is 1. The van der Waals surface area contributed by atoms with Gasteiger partial charge in [0.2, 0.25) is 11.0 Å². The number of anilines is 2. The van der Waals surface area contributed by atoms with Gasteiger partial charge in [-0.15, -0.1) is 10.2 Å². The van der Waals surface area contributed by atoms with Gasteiger partial charge >= 0.3 is 5.56 Å². The lowest BCUT2D eigenvalue weighted by Crippen LogP contribution is -2.30. The van der Waals surface area contributed by atoms with E-state index in [9.17, 15) is 4.79 Å². The molecule has 142 valence electrons. The number of nitrogens with one attached hydrogen (secondary N) is 1. The zero-order chi connectivity index (χ0) is 19.5. The number of hydrogen-bond acceptors (Lipinski definition) is 6. The van der Waals surface area contributed by atoms with Gasteiger partial charge in [0.05, 0.1) is 12.0 Å². The van der Waals surface area contributed by atoms with Gasteiger partial charge in [-0.05, 0) is 55.3 Å². The molecule has 7 nitrogen and oxygen atoms in total. The largest absolute Gasteiger partial charge is 0.468 e. The fourth-order valence-electron chi connectivity index (χ4n) is 2.72. The van der Waals surface area contributed by atoms with Gasteiger partial charge in [-0.1, -0.05) is 23.9 Å². The Hall–Kier alpha value is -3.26. The molecule has 0 saturated heterocycles. The molecule has 0 spiro atoms. The number of thioether (sulfide) groups is 1. The molecular weight excluding hydrogens is 374 g/mol. The average Bonchev–Trinajstić information content (AvgIpc) is 3.38. The fraction of sp³-hybridized carbons (Fsp3) is 0.150. The number of nitrogens with zero attached hydrogens (tertiary/aromatic N) is 4. The van der Waals surface area contributed by atoms with Crippen molar-refractivity contribution in [2.24, 2.45) is 0 Å². The molecule has 0 aliphatic carbocycles. The van der Waals surface area contributed by atoms with Crippen LogP contribution in [-0.4, -0.2) is 19.5 Å². The summed E-state index contributed by atoms with van der Waals surface area (Å²) in [6.45, 7) is 3.98. The van der Waals surface area contributed by atoms with E-state index in [0.29, 0.717) is 10.9 Å². The molecule has 3 aromatic heterocycles. The molecule has 4 rings (SSSR count). The topological polar surface area (TPSA) is 77.9 Å². The monoisotopic (exact) mass is 393 g/mol. The summed E-state index contributed by atoms with van der Waals surface area (Å²) in [5.41, 5.74) is 2.67. The van der Waals surface area contributed by atoms with E-state index in [0.717, 1.165) is 22.6 Å². The average molecular weight is 393 g/mol. The van der Waals surface area contributed by atoms with Gasteiger partial charge < -0.3 is 9.73 Å². The molecule has 0 fully saturated rings. The fourth-order valence-corrected chi connectivity index (χ4v) is 3.56. The van der Waals surface area contributed by atoms with Gasteiger partial charge in [-0.25, -0.2) is 0 Å². The Morgan fingerprint density at radius 2 is 1.93 bits per heavy atom. The highest BCUT2D eigenvalue weighted by atomic mass is 32.2. The van der Waals surface area contributed by atoms with E-state index in [-0.39, 0.29) is 11.4 Å². The van der Waals surface area contributed by atoms with Gasteiger partial charge in [-0.3, -0.25) is 9.47 Å². The maximum Gasteiger partial charge on any atom is 0.316 e. The maximum atomic E-state index is 13.2. The summed E-state index contributed by atoms with van der Waals surface area (Å²) in [6, 6.07) is 13.4. The molecule has 0 radical (unpaired) electrons. The molecule has 1 aromatic carbocycles. The van der Waals surface area contributed by atoms with Crippen LogP contribution in [0, 0.1) is 13.8 Å². The van der Waals surface area contributed by atoms with Crippen molar-refractivity contribution in [3.05, 3.63) is 88.4 Å². The molecular formula is C20H19N5O2S.